The van der Waals surface area contributed by atoms with E-state index in [0.717, 1.165) is 0 Å². The van der Waals surface area contributed by atoms with Crippen LogP contribution in [0.4, 0.5) is 5.69 Å². The Balaban J connectivity index is 1.67. The molecule has 8 nitrogen and oxygen atoms in total. The van der Waals surface area contributed by atoms with Crippen molar-refractivity contribution in [1.82, 2.24) is 15.2 Å². The highest BCUT2D eigenvalue weighted by atomic mass is 35.5. The van der Waals surface area contributed by atoms with Crippen molar-refractivity contribution < 1.29 is 9.90 Å². The minimum atomic E-state index is -1.01. The SMILES string of the molecule is Cc1[nH]n(-c2ccc(Cl)cc2)c(=O)c1C=NNC(=S)Nc1ccc(C(=O)O)cc1. The second-order valence-corrected chi connectivity index (χ2v) is 6.82. The normalized spacial score (nSPS) is 10.8. The van der Waals surface area contributed by atoms with Gasteiger partial charge in [0.05, 0.1) is 23.0 Å². The molecule has 0 aliphatic heterocycles. The summed E-state index contributed by atoms with van der Waals surface area (Å²) in [6, 6.07) is 12.9. The van der Waals surface area contributed by atoms with Gasteiger partial charge < -0.3 is 10.4 Å². The first-order valence-electron chi connectivity index (χ1n) is 8.36. The number of aromatic amines is 1. The molecule has 148 valence electrons. The van der Waals surface area contributed by atoms with Crippen LogP contribution in [0.1, 0.15) is 21.6 Å². The molecule has 0 aliphatic carbocycles. The molecule has 0 unspecified atom stereocenters. The number of nitrogens with one attached hydrogen (secondary N) is 3. The average Bonchev–Trinajstić information content (AvgIpc) is 2.97. The van der Waals surface area contributed by atoms with E-state index in [1.54, 1.807) is 43.3 Å². The Kier molecular flexibility index (Phi) is 6.10. The molecule has 0 amide bonds. The Hall–Kier alpha value is -3.43. The van der Waals surface area contributed by atoms with Crippen LogP contribution < -0.4 is 16.3 Å². The lowest BCUT2D eigenvalue weighted by Gasteiger charge is -2.06. The Morgan fingerprint density at radius 1 is 1.21 bits per heavy atom. The summed E-state index contributed by atoms with van der Waals surface area (Å²) in [6.45, 7) is 1.76. The molecule has 1 heterocycles. The van der Waals surface area contributed by atoms with Gasteiger partial charge in [-0.1, -0.05) is 11.6 Å². The second-order valence-electron chi connectivity index (χ2n) is 5.97. The van der Waals surface area contributed by atoms with Crippen molar-refractivity contribution in [2.45, 2.75) is 6.92 Å². The number of hydrogen-bond acceptors (Lipinski definition) is 4. The van der Waals surface area contributed by atoms with Crippen molar-refractivity contribution in [3.63, 3.8) is 0 Å². The van der Waals surface area contributed by atoms with E-state index in [9.17, 15) is 9.59 Å². The number of aryl methyl sites for hydroxylation is 1. The summed E-state index contributed by atoms with van der Waals surface area (Å²) in [5.41, 5.74) is 4.80. The lowest BCUT2D eigenvalue weighted by molar-refractivity contribution is 0.0697. The molecule has 10 heteroatoms. The summed E-state index contributed by atoms with van der Waals surface area (Å²) in [5.74, 6) is -1.01. The minimum Gasteiger partial charge on any atom is -0.478 e. The average molecular weight is 430 g/mol. The van der Waals surface area contributed by atoms with E-state index in [2.05, 4.69) is 20.9 Å². The van der Waals surface area contributed by atoms with Gasteiger partial charge in [-0.05, 0) is 67.7 Å². The minimum absolute atomic E-state index is 0.173. The van der Waals surface area contributed by atoms with Crippen molar-refractivity contribution in [3.8, 4) is 5.69 Å². The van der Waals surface area contributed by atoms with E-state index in [1.807, 2.05) is 0 Å². The molecule has 0 saturated carbocycles. The van der Waals surface area contributed by atoms with Gasteiger partial charge in [0.2, 0.25) is 0 Å². The molecule has 4 N–H and O–H groups in total. The number of rotatable bonds is 5. The Bertz CT molecular complexity index is 1130. The third-order valence-electron chi connectivity index (χ3n) is 3.95. The van der Waals surface area contributed by atoms with E-state index < -0.39 is 5.97 Å². The maximum atomic E-state index is 12.6. The third kappa shape index (κ3) is 4.89. The summed E-state index contributed by atoms with van der Waals surface area (Å²) in [7, 11) is 0. The Morgan fingerprint density at radius 3 is 2.48 bits per heavy atom. The van der Waals surface area contributed by atoms with Gasteiger partial charge in [0.15, 0.2) is 5.11 Å². The quantitative estimate of drug-likeness (QED) is 0.281. The number of carbonyl (C=O) groups is 1. The van der Waals surface area contributed by atoms with Gasteiger partial charge >= 0.3 is 5.97 Å². The fourth-order valence-corrected chi connectivity index (χ4v) is 2.79. The van der Waals surface area contributed by atoms with Crippen molar-refractivity contribution in [3.05, 3.63) is 80.7 Å². The topological polar surface area (TPSA) is 112 Å². The zero-order valence-electron chi connectivity index (χ0n) is 15.1. The van der Waals surface area contributed by atoms with Crippen molar-refractivity contribution in [2.75, 3.05) is 5.32 Å². The van der Waals surface area contributed by atoms with Crippen LogP contribution >= 0.6 is 23.8 Å². The highest BCUT2D eigenvalue weighted by Gasteiger charge is 2.10. The number of anilines is 1. The van der Waals surface area contributed by atoms with E-state index in [0.29, 0.717) is 27.7 Å². The fourth-order valence-electron chi connectivity index (χ4n) is 2.49. The smallest absolute Gasteiger partial charge is 0.335 e. The number of hydrogen-bond donors (Lipinski definition) is 4. The third-order valence-corrected chi connectivity index (χ3v) is 4.40. The number of benzene rings is 2. The predicted molar refractivity (Wildman–Crippen MR) is 116 cm³/mol. The van der Waals surface area contributed by atoms with Crippen LogP contribution in [0.5, 0.6) is 0 Å². The lowest BCUT2D eigenvalue weighted by Crippen LogP contribution is -2.24. The number of H-pyrrole nitrogens is 1. The Labute approximate surface area is 175 Å². The van der Waals surface area contributed by atoms with E-state index in [-0.39, 0.29) is 16.2 Å². The van der Waals surface area contributed by atoms with Crippen LogP contribution in [0, 0.1) is 6.92 Å². The zero-order chi connectivity index (χ0) is 21.0. The highest BCUT2D eigenvalue weighted by Crippen LogP contribution is 2.12. The van der Waals surface area contributed by atoms with Gasteiger partial charge in [-0.2, -0.15) is 5.10 Å². The molecule has 0 atom stereocenters. The summed E-state index contributed by atoms with van der Waals surface area (Å²) >= 11 is 11.0. The predicted octanol–water partition coefficient (Wildman–Crippen LogP) is 3.15. The number of carboxylic acid groups (broad SMARTS) is 1. The molecule has 3 rings (SSSR count). The van der Waals surface area contributed by atoms with Crippen LogP contribution in [-0.4, -0.2) is 32.2 Å². The monoisotopic (exact) mass is 429 g/mol. The van der Waals surface area contributed by atoms with Crippen LogP contribution in [0.25, 0.3) is 5.69 Å². The van der Waals surface area contributed by atoms with E-state index in [4.69, 9.17) is 28.9 Å². The summed E-state index contributed by atoms with van der Waals surface area (Å²) in [5, 5.41) is 19.5. The summed E-state index contributed by atoms with van der Waals surface area (Å²) < 4.78 is 1.40. The molecule has 29 heavy (non-hydrogen) atoms. The number of aromatic nitrogens is 2. The molecule has 0 fully saturated rings. The van der Waals surface area contributed by atoms with Crippen LogP contribution in [-0.2, 0) is 0 Å². The largest absolute Gasteiger partial charge is 0.478 e. The van der Waals surface area contributed by atoms with E-state index >= 15 is 0 Å². The van der Waals surface area contributed by atoms with Crippen LogP contribution in [0.3, 0.4) is 0 Å². The molecule has 0 aliphatic rings. The standard InChI is InChI=1S/C19H16ClN5O3S/c1-11-16(17(26)25(24-11)15-8-4-13(20)5-9-15)10-21-23-19(29)22-14-6-2-12(3-7-14)18(27)28/h2-10,24H,1H3,(H,27,28)(H2,22,23,29). The van der Waals surface area contributed by atoms with Crippen molar-refractivity contribution >= 4 is 46.8 Å². The number of nitrogens with zero attached hydrogens (tertiary/aromatic N) is 2. The first kappa shape index (κ1) is 20.3. The first-order chi connectivity index (χ1) is 13.8. The summed E-state index contributed by atoms with van der Waals surface area (Å²) in [4.78, 5) is 23.5. The van der Waals surface area contributed by atoms with Gasteiger partial charge in [0, 0.05) is 16.4 Å². The molecule has 2 aromatic carbocycles. The number of thiocarbonyl (C=S) groups is 1. The maximum Gasteiger partial charge on any atom is 0.335 e. The van der Waals surface area contributed by atoms with Gasteiger partial charge in [0.1, 0.15) is 0 Å². The number of aromatic carboxylic acids is 1. The number of carboxylic acids is 1. The molecular weight excluding hydrogens is 414 g/mol. The van der Waals surface area contributed by atoms with Gasteiger partial charge in [0.25, 0.3) is 5.56 Å². The van der Waals surface area contributed by atoms with Crippen LogP contribution in [0.2, 0.25) is 5.02 Å². The van der Waals surface area contributed by atoms with Gasteiger partial charge in [-0.3, -0.25) is 15.3 Å². The molecule has 0 spiro atoms. The highest BCUT2D eigenvalue weighted by molar-refractivity contribution is 7.80. The molecule has 0 saturated heterocycles. The molecule has 0 bridgehead atoms. The first-order valence-corrected chi connectivity index (χ1v) is 9.15. The molecule has 1 aromatic heterocycles. The maximum absolute atomic E-state index is 12.6. The Morgan fingerprint density at radius 2 is 1.86 bits per heavy atom. The van der Waals surface area contributed by atoms with Gasteiger partial charge in [-0.25, -0.2) is 9.48 Å². The molecule has 0 radical (unpaired) electrons. The van der Waals surface area contributed by atoms with Crippen molar-refractivity contribution in [2.24, 2.45) is 5.10 Å². The molecular formula is C19H16ClN5O3S. The lowest BCUT2D eigenvalue weighted by atomic mass is 10.2. The van der Waals surface area contributed by atoms with Crippen LogP contribution in [0.15, 0.2) is 58.4 Å². The van der Waals surface area contributed by atoms with E-state index in [1.165, 1.54) is 23.0 Å². The molecule has 3 aromatic rings. The van der Waals surface area contributed by atoms with Gasteiger partial charge in [-0.15, -0.1) is 0 Å². The fraction of sp³-hybridized carbons (Fsp3) is 0.0526. The zero-order valence-corrected chi connectivity index (χ0v) is 16.7. The summed E-state index contributed by atoms with van der Waals surface area (Å²) in [6.07, 6.45) is 1.38. The number of hydrazone groups is 1. The number of halogens is 1. The second kappa shape index (κ2) is 8.72. The van der Waals surface area contributed by atoms with Crippen molar-refractivity contribution in [1.29, 1.82) is 0 Å².